The van der Waals surface area contributed by atoms with Gasteiger partial charge < -0.3 is 4.57 Å². The van der Waals surface area contributed by atoms with Gasteiger partial charge in [0.25, 0.3) is 5.56 Å². The Labute approximate surface area is 99.1 Å². The van der Waals surface area contributed by atoms with Crippen molar-refractivity contribution in [2.75, 3.05) is 0 Å². The van der Waals surface area contributed by atoms with Gasteiger partial charge in [0, 0.05) is 6.20 Å². The van der Waals surface area contributed by atoms with Crippen LogP contribution in [0.3, 0.4) is 0 Å². The van der Waals surface area contributed by atoms with Gasteiger partial charge in [0.1, 0.15) is 0 Å². The first-order valence-corrected chi connectivity index (χ1v) is 5.32. The molecular formula is C8H8IN5O. The summed E-state index contributed by atoms with van der Waals surface area (Å²) in [6.07, 6.45) is 1.71. The van der Waals surface area contributed by atoms with Crippen LogP contribution in [0.25, 0.3) is 0 Å². The zero-order valence-electron chi connectivity index (χ0n) is 7.96. The van der Waals surface area contributed by atoms with Crippen LogP contribution in [-0.2, 0) is 13.6 Å². The smallest absolute Gasteiger partial charge is 0.264 e. The summed E-state index contributed by atoms with van der Waals surface area (Å²) < 4.78 is 2.23. The number of pyridine rings is 1. The van der Waals surface area contributed by atoms with E-state index >= 15 is 0 Å². The van der Waals surface area contributed by atoms with Gasteiger partial charge in [0.2, 0.25) is 0 Å². The molecule has 15 heavy (non-hydrogen) atoms. The molecule has 0 radical (unpaired) electrons. The van der Waals surface area contributed by atoms with Crippen LogP contribution in [-0.4, -0.2) is 24.8 Å². The number of hydrogen-bond acceptors (Lipinski definition) is 4. The molecule has 0 amide bonds. The molecule has 0 N–H and O–H groups in total. The highest BCUT2D eigenvalue weighted by Crippen LogP contribution is 1.97. The van der Waals surface area contributed by atoms with Crippen molar-refractivity contribution >= 4 is 22.6 Å². The first-order chi connectivity index (χ1) is 7.16. The van der Waals surface area contributed by atoms with E-state index in [4.69, 9.17) is 0 Å². The number of rotatable bonds is 2. The normalized spacial score (nSPS) is 10.5. The zero-order valence-corrected chi connectivity index (χ0v) is 10.1. The molecule has 0 aliphatic heterocycles. The molecule has 2 rings (SSSR count). The highest BCUT2D eigenvalue weighted by Gasteiger charge is 2.04. The van der Waals surface area contributed by atoms with Crippen LogP contribution < -0.4 is 5.56 Å². The molecule has 7 heteroatoms. The maximum absolute atomic E-state index is 11.7. The first kappa shape index (κ1) is 10.3. The second-order valence-corrected chi connectivity index (χ2v) is 4.15. The van der Waals surface area contributed by atoms with Crippen LogP contribution in [0.1, 0.15) is 5.82 Å². The molecule has 0 unspecified atom stereocenters. The average Bonchev–Trinajstić information content (AvgIpc) is 2.59. The summed E-state index contributed by atoms with van der Waals surface area (Å²) in [6, 6.07) is 3.59. The predicted molar refractivity (Wildman–Crippen MR) is 61.3 cm³/mol. The number of halogens is 1. The van der Waals surface area contributed by atoms with Crippen LogP contribution in [0.15, 0.2) is 23.1 Å². The third kappa shape index (κ3) is 2.22. The second kappa shape index (κ2) is 4.09. The van der Waals surface area contributed by atoms with Gasteiger partial charge in [-0.1, -0.05) is 0 Å². The molecule has 0 saturated carbocycles. The Morgan fingerprint density at radius 3 is 3.00 bits per heavy atom. The minimum atomic E-state index is -0.0365. The third-order valence-electron chi connectivity index (χ3n) is 1.84. The van der Waals surface area contributed by atoms with Crippen molar-refractivity contribution in [3.63, 3.8) is 0 Å². The van der Waals surface area contributed by atoms with Gasteiger partial charge in [-0.05, 0) is 39.9 Å². The Morgan fingerprint density at radius 1 is 1.53 bits per heavy atom. The SMILES string of the molecule is Cn1nnc(Cn2cccc(I)c2=O)n1. The Hall–Kier alpha value is -1.25. The van der Waals surface area contributed by atoms with Crippen molar-refractivity contribution in [1.82, 2.24) is 24.8 Å². The maximum Gasteiger partial charge on any atom is 0.264 e. The standard InChI is InChI=1S/C8H8IN5O/c1-13-11-7(10-12-13)5-14-4-2-3-6(9)8(14)15/h2-4H,5H2,1H3. The number of tetrazole rings is 1. The summed E-state index contributed by atoms with van der Waals surface area (Å²) in [5.74, 6) is 0.529. The molecule has 0 aliphatic carbocycles. The van der Waals surface area contributed by atoms with Gasteiger partial charge in [-0.15, -0.1) is 10.2 Å². The lowest BCUT2D eigenvalue weighted by Crippen LogP contribution is -2.22. The van der Waals surface area contributed by atoms with E-state index in [1.54, 1.807) is 23.9 Å². The van der Waals surface area contributed by atoms with Gasteiger partial charge in [-0.3, -0.25) is 4.79 Å². The van der Waals surface area contributed by atoms with Crippen molar-refractivity contribution in [1.29, 1.82) is 0 Å². The zero-order chi connectivity index (χ0) is 10.8. The van der Waals surface area contributed by atoms with Gasteiger partial charge >= 0.3 is 0 Å². The molecule has 0 spiro atoms. The summed E-state index contributed by atoms with van der Waals surface area (Å²) in [6.45, 7) is 0.351. The fourth-order valence-electron chi connectivity index (χ4n) is 1.17. The molecule has 0 aromatic carbocycles. The largest absolute Gasteiger partial charge is 0.307 e. The monoisotopic (exact) mass is 317 g/mol. The van der Waals surface area contributed by atoms with E-state index < -0.39 is 0 Å². The molecular weight excluding hydrogens is 309 g/mol. The Morgan fingerprint density at radius 2 is 2.33 bits per heavy atom. The Bertz CT molecular complexity index is 532. The van der Waals surface area contributed by atoms with E-state index in [1.807, 2.05) is 28.7 Å². The second-order valence-electron chi connectivity index (χ2n) is 2.98. The topological polar surface area (TPSA) is 65.6 Å². The minimum absolute atomic E-state index is 0.0365. The molecule has 6 nitrogen and oxygen atoms in total. The average molecular weight is 317 g/mol. The van der Waals surface area contributed by atoms with Gasteiger partial charge in [-0.25, -0.2) is 0 Å². The van der Waals surface area contributed by atoms with Crippen molar-refractivity contribution < 1.29 is 0 Å². The number of aromatic nitrogens is 5. The third-order valence-corrected chi connectivity index (χ3v) is 2.66. The lowest BCUT2D eigenvalue weighted by Gasteiger charge is -2.01. The first-order valence-electron chi connectivity index (χ1n) is 4.24. The fourth-order valence-corrected chi connectivity index (χ4v) is 1.69. The Balaban J connectivity index is 2.32. The van der Waals surface area contributed by atoms with Crippen molar-refractivity contribution in [2.45, 2.75) is 6.54 Å². The van der Waals surface area contributed by atoms with Crippen LogP contribution in [0.5, 0.6) is 0 Å². The molecule has 78 valence electrons. The fraction of sp³-hybridized carbons (Fsp3) is 0.250. The summed E-state index contributed by atoms with van der Waals surface area (Å²) >= 11 is 2.00. The summed E-state index contributed by atoms with van der Waals surface area (Å²) in [5.41, 5.74) is -0.0365. The van der Waals surface area contributed by atoms with Crippen LogP contribution >= 0.6 is 22.6 Å². The van der Waals surface area contributed by atoms with E-state index in [-0.39, 0.29) is 5.56 Å². The molecule has 0 bridgehead atoms. The summed E-state index contributed by atoms with van der Waals surface area (Å²) in [5, 5.41) is 11.5. The number of hydrogen-bond donors (Lipinski definition) is 0. The van der Waals surface area contributed by atoms with Crippen LogP contribution in [0.2, 0.25) is 0 Å². The molecule has 2 heterocycles. The maximum atomic E-state index is 11.7. The van der Waals surface area contributed by atoms with Crippen molar-refractivity contribution in [3.8, 4) is 0 Å². The van der Waals surface area contributed by atoms with Crippen molar-refractivity contribution in [2.24, 2.45) is 7.05 Å². The van der Waals surface area contributed by atoms with E-state index in [9.17, 15) is 4.79 Å². The molecule has 2 aromatic rings. The van der Waals surface area contributed by atoms with E-state index in [0.717, 1.165) is 0 Å². The lowest BCUT2D eigenvalue weighted by molar-refractivity contribution is 0.624. The Kier molecular flexibility index (Phi) is 2.80. The van der Waals surface area contributed by atoms with Gasteiger partial charge in [0.05, 0.1) is 17.2 Å². The van der Waals surface area contributed by atoms with Crippen LogP contribution in [0.4, 0.5) is 0 Å². The quantitative estimate of drug-likeness (QED) is 0.733. The van der Waals surface area contributed by atoms with E-state index in [2.05, 4.69) is 15.4 Å². The summed E-state index contributed by atoms with van der Waals surface area (Å²) in [7, 11) is 1.69. The van der Waals surface area contributed by atoms with Gasteiger partial charge in [0.15, 0.2) is 5.82 Å². The van der Waals surface area contributed by atoms with E-state index in [0.29, 0.717) is 15.9 Å². The molecule has 2 aromatic heterocycles. The lowest BCUT2D eigenvalue weighted by atomic mass is 10.4. The summed E-state index contributed by atoms with van der Waals surface area (Å²) in [4.78, 5) is 13.0. The van der Waals surface area contributed by atoms with Crippen LogP contribution in [0, 0.1) is 3.57 Å². The highest BCUT2D eigenvalue weighted by atomic mass is 127. The predicted octanol–water partition coefficient (Wildman–Crippen LogP) is 0.0247. The number of nitrogens with zero attached hydrogens (tertiary/aromatic N) is 5. The number of aryl methyl sites for hydroxylation is 1. The van der Waals surface area contributed by atoms with Gasteiger partial charge in [-0.2, -0.15) is 4.80 Å². The minimum Gasteiger partial charge on any atom is -0.307 e. The molecule has 0 atom stereocenters. The molecule has 0 fully saturated rings. The molecule has 0 saturated heterocycles. The van der Waals surface area contributed by atoms with E-state index in [1.165, 1.54) is 4.80 Å². The highest BCUT2D eigenvalue weighted by molar-refractivity contribution is 14.1. The molecule has 0 aliphatic rings. The van der Waals surface area contributed by atoms with Crippen molar-refractivity contribution in [3.05, 3.63) is 38.1 Å².